The minimum absolute atomic E-state index is 0.884. The first-order chi connectivity index (χ1) is 5.33. The Labute approximate surface area is 79.8 Å². The van der Waals surface area contributed by atoms with E-state index in [-0.39, 0.29) is 0 Å². The first-order valence-corrected chi connectivity index (χ1v) is 5.93. The van der Waals surface area contributed by atoms with E-state index in [1.807, 2.05) is 11.3 Å². The lowest BCUT2D eigenvalue weighted by Gasteiger charge is -1.94. The second kappa shape index (κ2) is 2.91. The average Bonchev–Trinajstić information content (AvgIpc) is 2.68. The molecule has 0 spiro atoms. The molecule has 1 aromatic rings. The molecule has 0 saturated heterocycles. The van der Waals surface area contributed by atoms with Crippen LogP contribution < -0.4 is 0 Å². The van der Waals surface area contributed by atoms with Gasteiger partial charge in [-0.2, -0.15) is 0 Å². The average molecular weight is 231 g/mol. The van der Waals surface area contributed by atoms with Gasteiger partial charge in [0, 0.05) is 10.2 Å². The molecule has 1 heterocycles. The molecule has 2 rings (SSSR count). The van der Waals surface area contributed by atoms with Gasteiger partial charge in [0.2, 0.25) is 0 Å². The van der Waals surface area contributed by atoms with Gasteiger partial charge in [0.1, 0.15) is 0 Å². The summed E-state index contributed by atoms with van der Waals surface area (Å²) in [5.41, 5.74) is 1.49. The standard InChI is InChI=1S/C9H11BrS/c1-6-2-3-11-9(6)8-4-7(8)5-10/h2-3,7-8H,4-5H2,1H3. The van der Waals surface area contributed by atoms with Crippen LogP contribution in [0.15, 0.2) is 11.4 Å². The zero-order chi connectivity index (χ0) is 7.84. The van der Waals surface area contributed by atoms with Crippen LogP contribution in [0.3, 0.4) is 0 Å². The summed E-state index contributed by atoms with van der Waals surface area (Å²) in [4.78, 5) is 1.62. The SMILES string of the molecule is Cc1ccsc1C1CC1CBr. The molecule has 11 heavy (non-hydrogen) atoms. The van der Waals surface area contributed by atoms with Crippen LogP contribution >= 0.6 is 27.3 Å². The molecule has 2 heteroatoms. The molecule has 0 aliphatic heterocycles. The number of hydrogen-bond acceptors (Lipinski definition) is 1. The Bertz CT molecular complexity index is 254. The highest BCUT2D eigenvalue weighted by atomic mass is 79.9. The van der Waals surface area contributed by atoms with Crippen LogP contribution in [-0.4, -0.2) is 5.33 Å². The Hall–Kier alpha value is 0.180. The Morgan fingerprint density at radius 1 is 1.73 bits per heavy atom. The summed E-state index contributed by atoms with van der Waals surface area (Å²) in [5, 5.41) is 3.38. The van der Waals surface area contributed by atoms with Gasteiger partial charge in [-0.15, -0.1) is 11.3 Å². The molecule has 1 aliphatic rings. The molecule has 0 bridgehead atoms. The van der Waals surface area contributed by atoms with E-state index in [4.69, 9.17) is 0 Å². The smallest absolute Gasteiger partial charge is 0.0108 e. The maximum Gasteiger partial charge on any atom is 0.0108 e. The van der Waals surface area contributed by atoms with Crippen LogP contribution in [0.25, 0.3) is 0 Å². The Morgan fingerprint density at radius 3 is 3.00 bits per heavy atom. The lowest BCUT2D eigenvalue weighted by atomic mass is 10.2. The molecule has 1 aromatic heterocycles. The zero-order valence-corrected chi connectivity index (χ0v) is 8.91. The van der Waals surface area contributed by atoms with Crippen molar-refractivity contribution in [3.63, 3.8) is 0 Å². The van der Waals surface area contributed by atoms with Crippen molar-refractivity contribution in [1.82, 2.24) is 0 Å². The normalized spacial score (nSPS) is 28.9. The van der Waals surface area contributed by atoms with Gasteiger partial charge >= 0.3 is 0 Å². The first-order valence-electron chi connectivity index (χ1n) is 3.93. The Kier molecular flexibility index (Phi) is 2.06. The van der Waals surface area contributed by atoms with Gasteiger partial charge in [-0.3, -0.25) is 0 Å². The summed E-state index contributed by atoms with van der Waals surface area (Å²) in [5.74, 6) is 1.81. The van der Waals surface area contributed by atoms with Crippen molar-refractivity contribution in [2.75, 3.05) is 5.33 Å². The molecule has 1 aliphatic carbocycles. The van der Waals surface area contributed by atoms with Crippen LogP contribution in [-0.2, 0) is 0 Å². The third kappa shape index (κ3) is 1.38. The van der Waals surface area contributed by atoms with Crippen molar-refractivity contribution in [3.8, 4) is 0 Å². The van der Waals surface area contributed by atoms with Gasteiger partial charge in [-0.1, -0.05) is 15.9 Å². The van der Waals surface area contributed by atoms with Gasteiger partial charge < -0.3 is 0 Å². The van der Waals surface area contributed by atoms with Crippen molar-refractivity contribution >= 4 is 27.3 Å². The lowest BCUT2D eigenvalue weighted by molar-refractivity contribution is 0.945. The largest absolute Gasteiger partial charge is 0.148 e. The summed E-state index contributed by atoms with van der Waals surface area (Å²) in [6.45, 7) is 2.22. The molecule has 1 saturated carbocycles. The first kappa shape index (κ1) is 7.81. The molecule has 60 valence electrons. The maximum absolute atomic E-state index is 3.53. The minimum Gasteiger partial charge on any atom is -0.148 e. The highest BCUT2D eigenvalue weighted by molar-refractivity contribution is 9.09. The molecule has 0 aromatic carbocycles. The van der Waals surface area contributed by atoms with Gasteiger partial charge in [-0.05, 0) is 42.2 Å². The van der Waals surface area contributed by atoms with Crippen molar-refractivity contribution in [2.24, 2.45) is 5.92 Å². The fourth-order valence-electron chi connectivity index (χ4n) is 1.50. The van der Waals surface area contributed by atoms with Crippen molar-refractivity contribution in [2.45, 2.75) is 19.3 Å². The van der Waals surface area contributed by atoms with E-state index < -0.39 is 0 Å². The number of hydrogen-bond donors (Lipinski definition) is 0. The van der Waals surface area contributed by atoms with Crippen molar-refractivity contribution in [1.29, 1.82) is 0 Å². The van der Waals surface area contributed by atoms with Crippen LogP contribution in [0.2, 0.25) is 0 Å². The molecule has 2 unspecified atom stereocenters. The highest BCUT2D eigenvalue weighted by Crippen LogP contribution is 2.50. The summed E-state index contributed by atoms with van der Waals surface area (Å²) >= 11 is 5.45. The van der Waals surface area contributed by atoms with Crippen LogP contribution in [0, 0.1) is 12.8 Å². The van der Waals surface area contributed by atoms with Crippen LogP contribution in [0.5, 0.6) is 0 Å². The predicted molar refractivity (Wildman–Crippen MR) is 53.7 cm³/mol. The Balaban J connectivity index is 2.14. The van der Waals surface area contributed by atoms with E-state index in [1.54, 1.807) is 4.88 Å². The lowest BCUT2D eigenvalue weighted by Crippen LogP contribution is -1.81. The summed E-state index contributed by atoms with van der Waals surface area (Å²) in [6, 6.07) is 2.23. The monoisotopic (exact) mass is 230 g/mol. The number of rotatable bonds is 2. The van der Waals surface area contributed by atoms with E-state index in [2.05, 4.69) is 34.3 Å². The van der Waals surface area contributed by atoms with E-state index >= 15 is 0 Å². The molecule has 0 nitrogen and oxygen atoms in total. The molecule has 1 fully saturated rings. The predicted octanol–water partition coefficient (Wildman–Crippen LogP) is 3.55. The summed E-state index contributed by atoms with van der Waals surface area (Å²) in [6.07, 6.45) is 1.40. The van der Waals surface area contributed by atoms with Crippen LogP contribution in [0.1, 0.15) is 22.8 Å². The molecule has 2 atom stereocenters. The fourth-order valence-corrected chi connectivity index (χ4v) is 3.36. The van der Waals surface area contributed by atoms with Gasteiger partial charge in [-0.25, -0.2) is 0 Å². The second-order valence-electron chi connectivity index (χ2n) is 3.22. The number of thiophene rings is 1. The van der Waals surface area contributed by atoms with E-state index in [0.717, 1.165) is 11.8 Å². The van der Waals surface area contributed by atoms with Gasteiger partial charge in [0.15, 0.2) is 0 Å². The third-order valence-corrected chi connectivity index (χ3v) is 4.34. The highest BCUT2D eigenvalue weighted by Gasteiger charge is 2.38. The topological polar surface area (TPSA) is 0 Å². The molecule has 0 amide bonds. The third-order valence-electron chi connectivity index (χ3n) is 2.36. The van der Waals surface area contributed by atoms with E-state index in [9.17, 15) is 0 Å². The Morgan fingerprint density at radius 2 is 2.55 bits per heavy atom. The molecule has 0 radical (unpaired) electrons. The molecular weight excluding hydrogens is 220 g/mol. The van der Waals surface area contributed by atoms with Gasteiger partial charge in [0.25, 0.3) is 0 Å². The molecule has 0 N–H and O–H groups in total. The van der Waals surface area contributed by atoms with Crippen molar-refractivity contribution < 1.29 is 0 Å². The number of aryl methyl sites for hydroxylation is 1. The fraction of sp³-hybridized carbons (Fsp3) is 0.556. The second-order valence-corrected chi connectivity index (χ2v) is 4.82. The van der Waals surface area contributed by atoms with Crippen molar-refractivity contribution in [3.05, 3.63) is 21.9 Å². The quantitative estimate of drug-likeness (QED) is 0.683. The zero-order valence-electron chi connectivity index (χ0n) is 6.51. The minimum atomic E-state index is 0.884. The van der Waals surface area contributed by atoms with Crippen LogP contribution in [0.4, 0.5) is 0 Å². The van der Waals surface area contributed by atoms with E-state index in [1.165, 1.54) is 17.3 Å². The molecular formula is C9H11BrS. The van der Waals surface area contributed by atoms with Gasteiger partial charge in [0.05, 0.1) is 0 Å². The summed E-state index contributed by atoms with van der Waals surface area (Å²) < 4.78 is 0. The summed E-state index contributed by atoms with van der Waals surface area (Å²) in [7, 11) is 0. The number of halogens is 1. The van der Waals surface area contributed by atoms with E-state index in [0.29, 0.717) is 0 Å². The number of alkyl halides is 1. The maximum atomic E-state index is 3.53.